The third-order valence-electron chi connectivity index (χ3n) is 2.18. The fourth-order valence-electron chi connectivity index (χ4n) is 1.42. The molecule has 15 heavy (non-hydrogen) atoms. The first kappa shape index (κ1) is 10.3. The summed E-state index contributed by atoms with van der Waals surface area (Å²) in [6.45, 7) is 0.787. The standard InChI is InChI=1S/C6H12N6O2S/c7-5-1-2-12(4-5)15(13,14)10-6-3-8-11-9-6/h3,5H,1-2,4,7H2,(H2,8,9,10,11). The lowest BCUT2D eigenvalue weighted by atomic mass is 10.3. The van der Waals surface area contributed by atoms with Gasteiger partial charge in [0.25, 0.3) is 0 Å². The van der Waals surface area contributed by atoms with Crippen molar-refractivity contribution in [3.05, 3.63) is 6.20 Å². The van der Waals surface area contributed by atoms with Gasteiger partial charge in [0.15, 0.2) is 5.82 Å². The number of nitrogens with one attached hydrogen (secondary N) is 2. The minimum Gasteiger partial charge on any atom is -0.326 e. The number of aromatic amines is 1. The van der Waals surface area contributed by atoms with Crippen LogP contribution in [0.1, 0.15) is 6.42 Å². The van der Waals surface area contributed by atoms with Crippen LogP contribution in [0, 0.1) is 0 Å². The average molecular weight is 232 g/mol. The fraction of sp³-hybridized carbons (Fsp3) is 0.667. The Hall–Kier alpha value is -1.19. The number of nitrogens with zero attached hydrogens (tertiary/aromatic N) is 3. The van der Waals surface area contributed by atoms with Crippen LogP contribution < -0.4 is 10.5 Å². The van der Waals surface area contributed by atoms with Crippen molar-refractivity contribution in [3.63, 3.8) is 0 Å². The van der Waals surface area contributed by atoms with Crippen LogP contribution in [0.4, 0.5) is 5.82 Å². The molecular weight excluding hydrogens is 220 g/mol. The van der Waals surface area contributed by atoms with Crippen LogP contribution in [0.15, 0.2) is 6.20 Å². The van der Waals surface area contributed by atoms with Crippen molar-refractivity contribution in [2.75, 3.05) is 17.8 Å². The molecule has 2 rings (SSSR count). The summed E-state index contributed by atoms with van der Waals surface area (Å²) in [7, 11) is -3.52. The van der Waals surface area contributed by atoms with Crippen LogP contribution in [-0.4, -0.2) is 47.3 Å². The summed E-state index contributed by atoms with van der Waals surface area (Å²) < 4.78 is 27.1. The molecule has 1 aliphatic rings. The Labute approximate surface area is 87.0 Å². The van der Waals surface area contributed by atoms with E-state index in [1.54, 1.807) is 0 Å². The Morgan fingerprint density at radius 2 is 2.47 bits per heavy atom. The first-order valence-corrected chi connectivity index (χ1v) is 5.91. The lowest BCUT2D eigenvalue weighted by Crippen LogP contribution is -2.36. The molecule has 0 amide bonds. The Bertz CT molecular complexity index is 415. The minimum atomic E-state index is -3.52. The second-order valence-corrected chi connectivity index (χ2v) is 5.05. The van der Waals surface area contributed by atoms with E-state index in [9.17, 15) is 8.42 Å². The van der Waals surface area contributed by atoms with Crippen LogP contribution in [0.25, 0.3) is 0 Å². The Balaban J connectivity index is 2.07. The Morgan fingerprint density at radius 3 is 3.00 bits per heavy atom. The number of anilines is 1. The van der Waals surface area contributed by atoms with E-state index in [1.165, 1.54) is 10.5 Å². The highest BCUT2D eigenvalue weighted by Gasteiger charge is 2.29. The third kappa shape index (κ3) is 2.25. The summed E-state index contributed by atoms with van der Waals surface area (Å²) in [5, 5.41) is 9.29. The van der Waals surface area contributed by atoms with E-state index in [4.69, 9.17) is 5.73 Å². The highest BCUT2D eigenvalue weighted by atomic mass is 32.2. The van der Waals surface area contributed by atoms with Gasteiger partial charge in [-0.25, -0.2) is 5.10 Å². The number of nitrogens with two attached hydrogens (primary N) is 1. The van der Waals surface area contributed by atoms with Crippen LogP contribution in [0.3, 0.4) is 0 Å². The first-order chi connectivity index (χ1) is 7.08. The summed E-state index contributed by atoms with van der Waals surface area (Å²) in [4.78, 5) is 0. The zero-order valence-corrected chi connectivity index (χ0v) is 8.74. The summed E-state index contributed by atoms with van der Waals surface area (Å²) in [5.74, 6) is 0.246. The van der Waals surface area contributed by atoms with Crippen molar-refractivity contribution in [2.45, 2.75) is 12.5 Å². The molecule has 1 fully saturated rings. The van der Waals surface area contributed by atoms with Gasteiger partial charge in [0.1, 0.15) is 0 Å². The highest BCUT2D eigenvalue weighted by Crippen LogP contribution is 2.13. The van der Waals surface area contributed by atoms with E-state index in [0.29, 0.717) is 19.5 Å². The molecule has 0 radical (unpaired) electrons. The van der Waals surface area contributed by atoms with Gasteiger partial charge in [0, 0.05) is 19.1 Å². The molecule has 1 aromatic rings. The van der Waals surface area contributed by atoms with E-state index >= 15 is 0 Å². The molecular formula is C6H12N6O2S. The van der Waals surface area contributed by atoms with Crippen LogP contribution in [0.2, 0.25) is 0 Å². The molecule has 84 valence electrons. The highest BCUT2D eigenvalue weighted by molar-refractivity contribution is 7.90. The predicted octanol–water partition coefficient (Wildman–Crippen LogP) is -1.51. The summed E-state index contributed by atoms with van der Waals surface area (Å²) in [5.41, 5.74) is 5.63. The lowest BCUT2D eigenvalue weighted by molar-refractivity contribution is 0.477. The van der Waals surface area contributed by atoms with Crippen LogP contribution in [0.5, 0.6) is 0 Å². The van der Waals surface area contributed by atoms with Gasteiger partial charge in [-0.05, 0) is 6.42 Å². The quantitative estimate of drug-likeness (QED) is 0.586. The van der Waals surface area contributed by atoms with E-state index in [1.807, 2.05) is 0 Å². The Kier molecular flexibility index (Phi) is 2.59. The van der Waals surface area contributed by atoms with Gasteiger partial charge in [-0.3, -0.25) is 4.72 Å². The summed E-state index contributed by atoms with van der Waals surface area (Å²) >= 11 is 0. The number of hydrogen-bond donors (Lipinski definition) is 3. The average Bonchev–Trinajstić information content (AvgIpc) is 2.75. The first-order valence-electron chi connectivity index (χ1n) is 4.47. The molecule has 0 aliphatic carbocycles. The number of H-pyrrole nitrogens is 1. The maximum absolute atomic E-state index is 11.7. The van der Waals surface area contributed by atoms with Crippen molar-refractivity contribution in [3.8, 4) is 0 Å². The normalized spacial score (nSPS) is 23.1. The molecule has 9 heteroatoms. The monoisotopic (exact) mass is 232 g/mol. The maximum atomic E-state index is 11.7. The summed E-state index contributed by atoms with van der Waals surface area (Å²) in [6, 6.07) is -0.0820. The number of rotatable bonds is 3. The molecule has 2 heterocycles. The van der Waals surface area contributed by atoms with Gasteiger partial charge in [-0.2, -0.15) is 12.7 Å². The van der Waals surface area contributed by atoms with E-state index < -0.39 is 10.2 Å². The zero-order valence-electron chi connectivity index (χ0n) is 7.92. The largest absolute Gasteiger partial charge is 0.326 e. The molecule has 0 saturated carbocycles. The van der Waals surface area contributed by atoms with Crippen LogP contribution >= 0.6 is 0 Å². The summed E-state index contributed by atoms with van der Waals surface area (Å²) in [6.07, 6.45) is 1.98. The molecule has 4 N–H and O–H groups in total. The lowest BCUT2D eigenvalue weighted by Gasteiger charge is -2.15. The van der Waals surface area contributed by atoms with Crippen molar-refractivity contribution >= 4 is 16.0 Å². The molecule has 0 aromatic carbocycles. The second kappa shape index (κ2) is 3.76. The minimum absolute atomic E-state index is 0.0820. The Morgan fingerprint density at radius 1 is 1.67 bits per heavy atom. The molecule has 0 spiro atoms. The fourth-order valence-corrected chi connectivity index (χ4v) is 2.66. The van der Waals surface area contributed by atoms with E-state index in [0.717, 1.165) is 0 Å². The van der Waals surface area contributed by atoms with Gasteiger partial charge in [0.2, 0.25) is 0 Å². The van der Waals surface area contributed by atoms with Crippen molar-refractivity contribution in [1.29, 1.82) is 0 Å². The topological polar surface area (TPSA) is 117 Å². The molecule has 1 atom stereocenters. The molecule has 1 aliphatic heterocycles. The van der Waals surface area contributed by atoms with Crippen molar-refractivity contribution in [1.82, 2.24) is 19.7 Å². The van der Waals surface area contributed by atoms with Gasteiger partial charge in [-0.1, -0.05) is 5.21 Å². The number of hydrogen-bond acceptors (Lipinski definition) is 5. The van der Waals surface area contributed by atoms with E-state index in [2.05, 4.69) is 20.1 Å². The molecule has 1 aromatic heterocycles. The van der Waals surface area contributed by atoms with Crippen LogP contribution in [-0.2, 0) is 10.2 Å². The second-order valence-electron chi connectivity index (χ2n) is 3.38. The van der Waals surface area contributed by atoms with E-state index in [-0.39, 0.29) is 11.9 Å². The predicted molar refractivity (Wildman–Crippen MR) is 53.1 cm³/mol. The molecule has 1 unspecified atom stereocenters. The van der Waals surface area contributed by atoms with Gasteiger partial charge in [-0.15, -0.1) is 5.10 Å². The maximum Gasteiger partial charge on any atom is 0.302 e. The molecule has 8 nitrogen and oxygen atoms in total. The van der Waals surface area contributed by atoms with Crippen molar-refractivity contribution in [2.24, 2.45) is 5.73 Å². The molecule has 1 saturated heterocycles. The van der Waals surface area contributed by atoms with Gasteiger partial charge < -0.3 is 5.73 Å². The van der Waals surface area contributed by atoms with Crippen molar-refractivity contribution < 1.29 is 8.42 Å². The van der Waals surface area contributed by atoms with Gasteiger partial charge in [0.05, 0.1) is 6.20 Å². The zero-order chi connectivity index (χ0) is 10.9. The number of aromatic nitrogens is 3. The van der Waals surface area contributed by atoms with Gasteiger partial charge >= 0.3 is 10.2 Å². The SMILES string of the molecule is NC1CCN(S(=O)(=O)Nc2cnn[nH]2)C1. The third-order valence-corrected chi connectivity index (χ3v) is 3.67. The smallest absolute Gasteiger partial charge is 0.302 e. The molecule has 0 bridgehead atoms.